The van der Waals surface area contributed by atoms with Gasteiger partial charge in [0.05, 0.1) is 20.3 Å². The third-order valence-electron chi connectivity index (χ3n) is 8.35. The predicted molar refractivity (Wildman–Crippen MR) is 147 cm³/mol. The first kappa shape index (κ1) is 27.2. The van der Waals surface area contributed by atoms with Crippen LogP contribution in [0.15, 0.2) is 53.5 Å². The van der Waals surface area contributed by atoms with E-state index in [1.165, 1.54) is 16.9 Å². The van der Waals surface area contributed by atoms with Gasteiger partial charge < -0.3 is 28.7 Å². The standard InChI is InChI=1S/C30H28F2N4O7/c1-40-30(39)43-16-42-28-23(37)10-11-35-27(28)29(38)33-12-13-41-15-24(33)36(35)26-18-8-9-21(31)25(32)20(18)14-34(17-6-7-17)22-5-3-2-4-19(22)26/h2-5,8-11,17,24,26H,6-7,12-16H2,1H3/t24-,26+/m1/s1. The Morgan fingerprint density at radius 2 is 1.86 bits per heavy atom. The van der Waals surface area contributed by atoms with Gasteiger partial charge in [-0.25, -0.2) is 13.6 Å². The Labute approximate surface area is 244 Å². The van der Waals surface area contributed by atoms with Crippen LogP contribution in [0.2, 0.25) is 0 Å². The number of amides is 1. The summed E-state index contributed by atoms with van der Waals surface area (Å²) in [5.74, 6) is -2.67. The van der Waals surface area contributed by atoms with Crippen molar-refractivity contribution >= 4 is 17.7 Å². The van der Waals surface area contributed by atoms with Gasteiger partial charge in [-0.05, 0) is 30.5 Å². The van der Waals surface area contributed by atoms with Crippen LogP contribution in [-0.2, 0) is 20.8 Å². The number of para-hydroxylation sites is 1. The Morgan fingerprint density at radius 1 is 1.05 bits per heavy atom. The molecule has 224 valence electrons. The molecule has 3 aliphatic heterocycles. The molecule has 1 amide bonds. The van der Waals surface area contributed by atoms with Crippen LogP contribution in [0.25, 0.3) is 0 Å². The second-order valence-electron chi connectivity index (χ2n) is 10.7. The number of morpholine rings is 1. The number of halogens is 2. The lowest BCUT2D eigenvalue weighted by atomic mass is 9.93. The number of aromatic nitrogens is 1. The van der Waals surface area contributed by atoms with Crippen LogP contribution in [0.5, 0.6) is 5.75 Å². The van der Waals surface area contributed by atoms with Crippen LogP contribution in [0.1, 0.15) is 46.1 Å². The number of hydrogen-bond acceptors (Lipinski definition) is 9. The van der Waals surface area contributed by atoms with Crippen LogP contribution in [-0.4, -0.2) is 67.5 Å². The van der Waals surface area contributed by atoms with Gasteiger partial charge in [0.25, 0.3) is 5.91 Å². The zero-order valence-corrected chi connectivity index (χ0v) is 23.2. The van der Waals surface area contributed by atoms with E-state index < -0.39 is 48.1 Å². The molecule has 2 aromatic carbocycles. The monoisotopic (exact) mass is 594 g/mol. The lowest BCUT2D eigenvalue weighted by Crippen LogP contribution is -2.66. The molecule has 1 aliphatic carbocycles. The molecule has 13 heteroatoms. The maximum atomic E-state index is 15.7. The molecule has 0 spiro atoms. The quantitative estimate of drug-likeness (QED) is 0.325. The number of pyridine rings is 1. The minimum absolute atomic E-state index is 0.0935. The normalized spacial score (nSPS) is 20.8. The highest BCUT2D eigenvalue weighted by Crippen LogP contribution is 2.46. The number of benzene rings is 2. The van der Waals surface area contributed by atoms with Gasteiger partial charge in [0, 0.05) is 48.2 Å². The number of hydrogen-bond donors (Lipinski definition) is 0. The summed E-state index contributed by atoms with van der Waals surface area (Å²) < 4.78 is 52.7. The van der Waals surface area contributed by atoms with E-state index in [2.05, 4.69) is 9.64 Å². The van der Waals surface area contributed by atoms with Crippen molar-refractivity contribution in [3.05, 3.63) is 92.9 Å². The summed E-state index contributed by atoms with van der Waals surface area (Å²) in [4.78, 5) is 42.2. The van der Waals surface area contributed by atoms with Crippen molar-refractivity contribution in [3.8, 4) is 5.75 Å². The summed E-state index contributed by atoms with van der Waals surface area (Å²) in [6, 6.07) is 11.1. The van der Waals surface area contributed by atoms with Crippen molar-refractivity contribution in [2.24, 2.45) is 0 Å². The smallest absolute Gasteiger partial charge is 0.451 e. The average Bonchev–Trinajstić information content (AvgIpc) is 3.87. The number of rotatable bonds is 5. The third-order valence-corrected chi connectivity index (χ3v) is 8.35. The number of anilines is 1. The van der Waals surface area contributed by atoms with Gasteiger partial charge >= 0.3 is 6.16 Å². The van der Waals surface area contributed by atoms with Gasteiger partial charge in [-0.3, -0.25) is 19.3 Å². The molecule has 0 unspecified atom stereocenters. The molecule has 0 radical (unpaired) electrons. The van der Waals surface area contributed by atoms with E-state index in [-0.39, 0.29) is 49.4 Å². The number of fused-ring (bicyclic) bond motifs is 4. The molecule has 2 atom stereocenters. The molecule has 4 aliphatic rings. The van der Waals surface area contributed by atoms with Gasteiger partial charge in [0.15, 0.2) is 17.3 Å². The van der Waals surface area contributed by atoms with E-state index in [4.69, 9.17) is 14.2 Å². The van der Waals surface area contributed by atoms with E-state index in [0.29, 0.717) is 5.56 Å². The Kier molecular flexibility index (Phi) is 6.68. The number of carbonyl (C=O) groups excluding carboxylic acids is 2. The molecule has 0 bridgehead atoms. The molecule has 1 aromatic heterocycles. The first-order chi connectivity index (χ1) is 20.9. The summed E-state index contributed by atoms with van der Waals surface area (Å²) in [6.07, 6.45) is 1.65. The largest absolute Gasteiger partial charge is 0.510 e. The lowest BCUT2D eigenvalue weighted by molar-refractivity contribution is -0.0208. The minimum atomic E-state index is -1.02. The van der Waals surface area contributed by atoms with Crippen LogP contribution in [0.3, 0.4) is 0 Å². The summed E-state index contributed by atoms with van der Waals surface area (Å²) in [6.45, 7) is 0.110. The Balaban J connectivity index is 1.46. The molecule has 3 aromatic rings. The molecule has 7 rings (SSSR count). The van der Waals surface area contributed by atoms with Crippen molar-refractivity contribution in [3.63, 3.8) is 0 Å². The second-order valence-corrected chi connectivity index (χ2v) is 10.7. The Morgan fingerprint density at radius 3 is 2.65 bits per heavy atom. The predicted octanol–water partition coefficient (Wildman–Crippen LogP) is 3.27. The molecule has 1 saturated heterocycles. The highest BCUT2D eigenvalue weighted by molar-refractivity contribution is 5.96. The molecule has 11 nitrogen and oxygen atoms in total. The van der Waals surface area contributed by atoms with Crippen LogP contribution in [0, 0.1) is 11.6 Å². The van der Waals surface area contributed by atoms with Crippen molar-refractivity contribution in [2.45, 2.75) is 37.6 Å². The van der Waals surface area contributed by atoms with Crippen LogP contribution in [0.4, 0.5) is 19.3 Å². The highest BCUT2D eigenvalue weighted by Gasteiger charge is 2.47. The zero-order chi connectivity index (χ0) is 29.8. The molecular formula is C30H28F2N4O7. The van der Waals surface area contributed by atoms with E-state index in [9.17, 15) is 18.8 Å². The topological polar surface area (TPSA) is 103 Å². The zero-order valence-electron chi connectivity index (χ0n) is 23.2. The van der Waals surface area contributed by atoms with Crippen LogP contribution < -0.4 is 20.1 Å². The molecule has 2 fully saturated rings. The first-order valence-corrected chi connectivity index (χ1v) is 14.0. The van der Waals surface area contributed by atoms with Crippen LogP contribution >= 0.6 is 0 Å². The molecular weight excluding hydrogens is 566 g/mol. The average molecular weight is 595 g/mol. The van der Waals surface area contributed by atoms with Crippen molar-refractivity contribution in [1.29, 1.82) is 0 Å². The maximum Gasteiger partial charge on any atom is 0.510 e. The summed E-state index contributed by atoms with van der Waals surface area (Å²) >= 11 is 0. The Hall–Kier alpha value is -4.65. The number of ether oxygens (including phenoxy) is 4. The van der Waals surface area contributed by atoms with Gasteiger partial charge in [-0.1, -0.05) is 24.3 Å². The lowest BCUT2D eigenvalue weighted by Gasteiger charge is -2.51. The van der Waals surface area contributed by atoms with Gasteiger partial charge in [0.1, 0.15) is 12.2 Å². The van der Waals surface area contributed by atoms with E-state index in [1.54, 1.807) is 11.0 Å². The maximum absolute atomic E-state index is 15.7. The second kappa shape index (κ2) is 10.6. The van der Waals surface area contributed by atoms with E-state index >= 15 is 4.39 Å². The number of nitrogens with zero attached hydrogens (tertiary/aromatic N) is 4. The number of carbonyl (C=O) groups is 2. The third kappa shape index (κ3) is 4.46. The van der Waals surface area contributed by atoms with Crippen molar-refractivity contribution in [1.82, 2.24) is 9.58 Å². The SMILES string of the molecule is COC(=O)OCOc1c2n(ccc1=O)N([C@@H]1c3ccccc3N(C3CC3)Cc3c1ccc(F)c3F)[C@@H]1COCCN1C2=O. The van der Waals surface area contributed by atoms with Gasteiger partial charge in [-0.15, -0.1) is 0 Å². The van der Waals surface area contributed by atoms with E-state index in [1.807, 2.05) is 29.3 Å². The summed E-state index contributed by atoms with van der Waals surface area (Å²) in [5.41, 5.74) is 1.74. The van der Waals surface area contributed by atoms with Gasteiger partial charge in [-0.2, -0.15) is 0 Å². The fourth-order valence-electron chi connectivity index (χ4n) is 6.28. The summed E-state index contributed by atoms with van der Waals surface area (Å²) in [7, 11) is 1.13. The van der Waals surface area contributed by atoms with Crippen molar-refractivity contribution < 1.29 is 37.3 Å². The minimum Gasteiger partial charge on any atom is -0.451 e. The molecule has 4 heterocycles. The summed E-state index contributed by atoms with van der Waals surface area (Å²) in [5, 5.41) is 1.86. The van der Waals surface area contributed by atoms with Gasteiger partial charge in [0.2, 0.25) is 18.0 Å². The van der Waals surface area contributed by atoms with E-state index in [0.717, 1.165) is 37.3 Å². The molecule has 1 saturated carbocycles. The highest BCUT2D eigenvalue weighted by atomic mass is 19.2. The molecule has 0 N–H and O–H groups in total. The fraction of sp³-hybridized carbons (Fsp3) is 0.367. The number of methoxy groups -OCH3 is 1. The van der Waals surface area contributed by atoms with Crippen molar-refractivity contribution in [2.75, 3.05) is 43.6 Å². The Bertz CT molecular complexity index is 1680. The first-order valence-electron chi connectivity index (χ1n) is 14.0. The fourth-order valence-corrected chi connectivity index (χ4v) is 6.28. The molecule has 43 heavy (non-hydrogen) atoms.